The Bertz CT molecular complexity index is 1550. The first-order chi connectivity index (χ1) is 35.0. The van der Waals surface area contributed by atoms with Crippen molar-refractivity contribution in [2.24, 2.45) is 0 Å². The van der Waals surface area contributed by atoms with E-state index in [1.807, 2.05) is 0 Å². The summed E-state index contributed by atoms with van der Waals surface area (Å²) in [4.78, 5) is 37.8. The summed E-state index contributed by atoms with van der Waals surface area (Å²) in [7, 11) is 0. The monoisotopic (exact) mass is 981 g/mol. The Kier molecular flexibility index (Phi) is 54.5. The fourth-order valence-electron chi connectivity index (χ4n) is 7.35. The standard InChI is InChI=1S/C65H104O6/c1-4-7-10-13-16-18-20-22-24-26-27-28-29-30-31-32-33-34-35-36-37-38-39-40-42-43-45-47-49-52-55-58-64(67)70-61-62(60-69-63(66)57-54-51-15-12-9-6-3)71-65(68)59-56-53-50-48-46-44-41-25-23-21-19-17-14-11-8-5-2/h7,10,16,18-19,21-22,24-25,27-28,30-31,33-34,36-37,39-41,43,45,62H,4-6,8-9,11-15,17,20,23,26,29,32,35,38,42,44,46-61H2,1-3H3/b10-7-,18-16-,21-19-,24-22-,28-27-,31-30-,34-33-,37-36-,40-39-,41-25-,45-43-. The number of ether oxygens (including phenoxy) is 3. The molecule has 0 bridgehead atoms. The van der Waals surface area contributed by atoms with Gasteiger partial charge in [-0.25, -0.2) is 0 Å². The van der Waals surface area contributed by atoms with Crippen molar-refractivity contribution in [3.8, 4) is 0 Å². The van der Waals surface area contributed by atoms with Crippen molar-refractivity contribution in [1.29, 1.82) is 0 Å². The summed E-state index contributed by atoms with van der Waals surface area (Å²) >= 11 is 0. The third-order valence-electron chi connectivity index (χ3n) is 11.6. The smallest absolute Gasteiger partial charge is 0.306 e. The van der Waals surface area contributed by atoms with Crippen molar-refractivity contribution in [3.05, 3.63) is 134 Å². The molecular weight excluding hydrogens is 877 g/mol. The molecular formula is C65H104O6. The Balaban J connectivity index is 4.25. The number of rotatable bonds is 50. The van der Waals surface area contributed by atoms with Crippen molar-refractivity contribution in [2.45, 2.75) is 245 Å². The molecule has 71 heavy (non-hydrogen) atoms. The second kappa shape index (κ2) is 58.1. The summed E-state index contributed by atoms with van der Waals surface area (Å²) in [6.45, 7) is 6.39. The highest BCUT2D eigenvalue weighted by Crippen LogP contribution is 2.13. The van der Waals surface area contributed by atoms with Crippen molar-refractivity contribution in [2.75, 3.05) is 13.2 Å². The molecule has 0 aromatic carbocycles. The van der Waals surface area contributed by atoms with Gasteiger partial charge in [-0.15, -0.1) is 0 Å². The van der Waals surface area contributed by atoms with Crippen LogP contribution in [0.2, 0.25) is 0 Å². The van der Waals surface area contributed by atoms with E-state index in [4.69, 9.17) is 14.2 Å². The summed E-state index contributed by atoms with van der Waals surface area (Å²) < 4.78 is 16.7. The first kappa shape index (κ1) is 66.6. The van der Waals surface area contributed by atoms with Gasteiger partial charge < -0.3 is 14.2 Å². The van der Waals surface area contributed by atoms with E-state index in [1.54, 1.807) is 0 Å². The molecule has 0 N–H and O–H groups in total. The van der Waals surface area contributed by atoms with E-state index in [0.29, 0.717) is 19.3 Å². The lowest BCUT2D eigenvalue weighted by molar-refractivity contribution is -0.167. The molecule has 0 spiro atoms. The van der Waals surface area contributed by atoms with Gasteiger partial charge in [0, 0.05) is 19.3 Å². The maximum absolute atomic E-state index is 12.8. The van der Waals surface area contributed by atoms with Gasteiger partial charge in [0.1, 0.15) is 13.2 Å². The Hall–Kier alpha value is -4.45. The van der Waals surface area contributed by atoms with Gasteiger partial charge in [0.15, 0.2) is 6.10 Å². The molecule has 6 heteroatoms. The lowest BCUT2D eigenvalue weighted by Crippen LogP contribution is -2.30. The summed E-state index contributed by atoms with van der Waals surface area (Å²) in [5.74, 6) is -0.962. The number of unbranched alkanes of at least 4 members (excludes halogenated alkanes) is 17. The predicted molar refractivity (Wildman–Crippen MR) is 306 cm³/mol. The van der Waals surface area contributed by atoms with Gasteiger partial charge in [-0.3, -0.25) is 14.4 Å². The quantitative estimate of drug-likeness (QED) is 0.0262. The highest BCUT2D eigenvalue weighted by atomic mass is 16.6. The second-order valence-corrected chi connectivity index (χ2v) is 18.5. The minimum absolute atomic E-state index is 0.0980. The number of hydrogen-bond donors (Lipinski definition) is 0. The fraction of sp³-hybridized carbons (Fsp3) is 0.615. The van der Waals surface area contributed by atoms with E-state index in [-0.39, 0.29) is 31.1 Å². The molecule has 0 aliphatic rings. The third-order valence-corrected chi connectivity index (χ3v) is 11.6. The topological polar surface area (TPSA) is 78.9 Å². The van der Waals surface area contributed by atoms with Crippen LogP contribution in [0, 0.1) is 0 Å². The molecule has 0 fully saturated rings. The summed E-state index contributed by atoms with van der Waals surface area (Å²) in [6, 6.07) is 0. The molecule has 0 amide bonds. The van der Waals surface area contributed by atoms with E-state index >= 15 is 0 Å². The van der Waals surface area contributed by atoms with Gasteiger partial charge >= 0.3 is 17.9 Å². The van der Waals surface area contributed by atoms with Crippen LogP contribution in [-0.2, 0) is 28.6 Å². The van der Waals surface area contributed by atoms with Crippen LogP contribution in [-0.4, -0.2) is 37.2 Å². The van der Waals surface area contributed by atoms with Crippen LogP contribution >= 0.6 is 0 Å². The Morgan fingerprint density at radius 3 is 0.887 bits per heavy atom. The van der Waals surface area contributed by atoms with Gasteiger partial charge in [-0.2, -0.15) is 0 Å². The molecule has 0 radical (unpaired) electrons. The molecule has 0 saturated heterocycles. The van der Waals surface area contributed by atoms with Gasteiger partial charge in [0.05, 0.1) is 0 Å². The Morgan fingerprint density at radius 2 is 0.549 bits per heavy atom. The highest BCUT2D eigenvalue weighted by molar-refractivity contribution is 5.71. The molecule has 0 aliphatic heterocycles. The minimum Gasteiger partial charge on any atom is -0.462 e. The average molecular weight is 982 g/mol. The molecule has 0 aromatic rings. The lowest BCUT2D eigenvalue weighted by Gasteiger charge is -2.18. The van der Waals surface area contributed by atoms with Gasteiger partial charge in [-0.05, 0) is 122 Å². The van der Waals surface area contributed by atoms with Crippen LogP contribution in [0.15, 0.2) is 134 Å². The average Bonchev–Trinajstić information content (AvgIpc) is 3.37. The largest absolute Gasteiger partial charge is 0.462 e. The zero-order chi connectivity index (χ0) is 51.4. The number of esters is 3. The molecule has 0 heterocycles. The van der Waals surface area contributed by atoms with E-state index in [0.717, 1.165) is 148 Å². The Morgan fingerprint density at radius 1 is 0.296 bits per heavy atom. The lowest BCUT2D eigenvalue weighted by atomic mass is 10.1. The van der Waals surface area contributed by atoms with Crippen LogP contribution in [0.4, 0.5) is 0 Å². The van der Waals surface area contributed by atoms with Crippen molar-refractivity contribution in [1.82, 2.24) is 0 Å². The van der Waals surface area contributed by atoms with Crippen LogP contribution in [0.3, 0.4) is 0 Å². The van der Waals surface area contributed by atoms with E-state index < -0.39 is 6.10 Å². The van der Waals surface area contributed by atoms with E-state index in [2.05, 4.69) is 154 Å². The van der Waals surface area contributed by atoms with Crippen LogP contribution < -0.4 is 0 Å². The van der Waals surface area contributed by atoms with Crippen LogP contribution in [0.25, 0.3) is 0 Å². The van der Waals surface area contributed by atoms with Crippen molar-refractivity contribution in [3.63, 3.8) is 0 Å². The van der Waals surface area contributed by atoms with Crippen molar-refractivity contribution >= 4 is 17.9 Å². The minimum atomic E-state index is -0.800. The summed E-state index contributed by atoms with van der Waals surface area (Å²) in [5, 5.41) is 0. The van der Waals surface area contributed by atoms with E-state index in [1.165, 1.54) is 51.4 Å². The molecule has 0 saturated carbocycles. The van der Waals surface area contributed by atoms with Gasteiger partial charge in [0.25, 0.3) is 0 Å². The molecule has 6 nitrogen and oxygen atoms in total. The number of hydrogen-bond acceptors (Lipinski definition) is 6. The first-order valence-electron chi connectivity index (χ1n) is 28.7. The summed E-state index contributed by atoms with van der Waals surface area (Å²) in [5.41, 5.74) is 0. The first-order valence-corrected chi connectivity index (χ1v) is 28.7. The SMILES string of the molecule is CC/C=C\C/C=C\C/C=C\C/C=C\C/C=C\C/C=C\C/C=C\C/C=C\C/C=C\CCCCCC(=O)OCC(COC(=O)CCCCCCCC)OC(=O)CCCCCCC/C=C\C/C=C\CCCCCC. The number of allylic oxidation sites excluding steroid dienone is 22. The molecule has 0 rings (SSSR count). The highest BCUT2D eigenvalue weighted by Gasteiger charge is 2.19. The maximum Gasteiger partial charge on any atom is 0.306 e. The van der Waals surface area contributed by atoms with Crippen molar-refractivity contribution < 1.29 is 28.6 Å². The van der Waals surface area contributed by atoms with Gasteiger partial charge in [0.2, 0.25) is 0 Å². The fourth-order valence-corrected chi connectivity index (χ4v) is 7.35. The molecule has 0 aliphatic carbocycles. The van der Waals surface area contributed by atoms with Crippen LogP contribution in [0.5, 0.6) is 0 Å². The molecule has 1 atom stereocenters. The number of carbonyl (C=O) groups is 3. The van der Waals surface area contributed by atoms with Crippen LogP contribution in [0.1, 0.15) is 239 Å². The molecule has 1 unspecified atom stereocenters. The predicted octanol–water partition coefficient (Wildman–Crippen LogP) is 19.4. The molecule has 400 valence electrons. The molecule has 0 aromatic heterocycles. The zero-order valence-electron chi connectivity index (χ0n) is 45.7. The normalized spacial score (nSPS) is 13.1. The van der Waals surface area contributed by atoms with Gasteiger partial charge in [-0.1, -0.05) is 231 Å². The third kappa shape index (κ3) is 56.3. The number of carbonyl (C=O) groups excluding carboxylic acids is 3. The Labute approximate surface area is 436 Å². The van der Waals surface area contributed by atoms with E-state index in [9.17, 15) is 14.4 Å². The zero-order valence-corrected chi connectivity index (χ0v) is 45.7. The summed E-state index contributed by atoms with van der Waals surface area (Å²) in [6.07, 6.45) is 81.9. The maximum atomic E-state index is 12.8. The second-order valence-electron chi connectivity index (χ2n) is 18.5.